The molecular weight excluding hydrogens is 440 g/mol. The average Bonchev–Trinajstić information content (AvgIpc) is 2.78. The Bertz CT molecular complexity index is 1220. The monoisotopic (exact) mass is 476 g/mol. The number of nitrogens with zero attached hydrogens (tertiary/aromatic N) is 4. The highest BCUT2D eigenvalue weighted by Gasteiger charge is 2.21. The first-order valence-electron chi connectivity index (χ1n) is 12.2. The van der Waals surface area contributed by atoms with Crippen molar-refractivity contribution in [2.24, 2.45) is 0 Å². The number of rotatable bonds is 9. The van der Waals surface area contributed by atoms with Gasteiger partial charge in [0.25, 0.3) is 5.56 Å². The number of ether oxygens (including phenoxy) is 2. The summed E-state index contributed by atoms with van der Waals surface area (Å²) >= 11 is 0. The van der Waals surface area contributed by atoms with Gasteiger partial charge in [0.1, 0.15) is 23.7 Å². The summed E-state index contributed by atoms with van der Waals surface area (Å²) in [5.74, 6) is 1.59. The zero-order chi connectivity index (χ0) is 25.1. The summed E-state index contributed by atoms with van der Waals surface area (Å²) in [5, 5.41) is 4.82. The summed E-state index contributed by atoms with van der Waals surface area (Å²) in [7, 11) is 8.12. The van der Waals surface area contributed by atoms with Crippen LogP contribution < -0.4 is 15.0 Å². The molecule has 0 N–H and O–H groups in total. The third kappa shape index (κ3) is 6.10. The second kappa shape index (κ2) is 10.6. The van der Waals surface area contributed by atoms with Gasteiger partial charge in [0, 0.05) is 24.7 Å². The molecule has 4 rings (SSSR count). The summed E-state index contributed by atoms with van der Waals surface area (Å²) in [5.41, 5.74) is 4.66. The van der Waals surface area contributed by atoms with E-state index >= 15 is 0 Å². The number of likely N-dealkylation sites (N-methyl/N-ethyl adjacent to an activating group) is 2. The Balaban J connectivity index is 1.62. The van der Waals surface area contributed by atoms with E-state index < -0.39 is 0 Å². The molecule has 2 aromatic carbocycles. The smallest absolute Gasteiger partial charge is 0.271 e. The van der Waals surface area contributed by atoms with Crippen LogP contribution in [0, 0.1) is 0 Å². The molecule has 1 aliphatic carbocycles. The molecule has 35 heavy (non-hydrogen) atoms. The van der Waals surface area contributed by atoms with Gasteiger partial charge >= 0.3 is 0 Å². The predicted molar refractivity (Wildman–Crippen MR) is 140 cm³/mol. The van der Waals surface area contributed by atoms with Crippen LogP contribution in [0.2, 0.25) is 0 Å². The summed E-state index contributed by atoms with van der Waals surface area (Å²) in [4.78, 5) is 17.1. The highest BCUT2D eigenvalue weighted by Crippen LogP contribution is 2.34. The molecule has 1 aliphatic rings. The molecule has 3 aromatic rings. The van der Waals surface area contributed by atoms with E-state index in [2.05, 4.69) is 28.9 Å². The van der Waals surface area contributed by atoms with E-state index in [1.54, 1.807) is 6.07 Å². The van der Waals surface area contributed by atoms with Gasteiger partial charge in [-0.15, -0.1) is 0 Å². The molecule has 0 aliphatic heterocycles. The fraction of sp³-hybridized carbons (Fsp3) is 0.429. The lowest BCUT2D eigenvalue weighted by Gasteiger charge is -2.23. The van der Waals surface area contributed by atoms with Crippen LogP contribution in [0.4, 0.5) is 0 Å². The van der Waals surface area contributed by atoms with Crippen molar-refractivity contribution in [3.8, 4) is 28.4 Å². The molecule has 0 spiro atoms. The summed E-state index contributed by atoms with van der Waals surface area (Å²) in [6, 6.07) is 15.5. The molecule has 2 atom stereocenters. The van der Waals surface area contributed by atoms with Crippen molar-refractivity contribution in [2.45, 2.75) is 38.9 Å². The first-order chi connectivity index (χ1) is 16.7. The van der Waals surface area contributed by atoms with Crippen LogP contribution in [0.25, 0.3) is 16.9 Å². The maximum absolute atomic E-state index is 12.9. The largest absolute Gasteiger partial charge is 0.489 e. The van der Waals surface area contributed by atoms with Crippen molar-refractivity contribution in [1.82, 2.24) is 19.6 Å². The Kier molecular flexibility index (Phi) is 7.57. The van der Waals surface area contributed by atoms with Crippen LogP contribution in [-0.4, -0.2) is 73.1 Å². The Labute approximate surface area is 207 Å². The summed E-state index contributed by atoms with van der Waals surface area (Å²) < 4.78 is 13.6. The third-order valence-corrected chi connectivity index (χ3v) is 6.01. The molecule has 0 amide bonds. The summed E-state index contributed by atoms with van der Waals surface area (Å²) in [6.45, 7) is 5.77. The van der Waals surface area contributed by atoms with E-state index in [1.807, 2.05) is 65.4 Å². The van der Waals surface area contributed by atoms with Crippen molar-refractivity contribution in [3.05, 3.63) is 70.0 Å². The Hall–Kier alpha value is -3.16. The van der Waals surface area contributed by atoms with Gasteiger partial charge in [-0.05, 0) is 102 Å². The molecule has 7 nitrogen and oxygen atoms in total. The van der Waals surface area contributed by atoms with Gasteiger partial charge in [-0.3, -0.25) is 4.79 Å². The molecule has 0 saturated carbocycles. The minimum atomic E-state index is -0.131. The molecule has 186 valence electrons. The fourth-order valence-electron chi connectivity index (χ4n) is 4.66. The van der Waals surface area contributed by atoms with Crippen LogP contribution in [0.5, 0.6) is 11.5 Å². The van der Waals surface area contributed by atoms with E-state index in [-0.39, 0.29) is 17.8 Å². The molecule has 2 unspecified atom stereocenters. The number of hydrogen-bond acceptors (Lipinski definition) is 6. The lowest BCUT2D eigenvalue weighted by atomic mass is 9.89. The van der Waals surface area contributed by atoms with Crippen molar-refractivity contribution < 1.29 is 9.47 Å². The molecule has 0 radical (unpaired) electrons. The number of aryl methyl sites for hydroxylation is 2. The van der Waals surface area contributed by atoms with E-state index in [0.717, 1.165) is 54.3 Å². The van der Waals surface area contributed by atoms with E-state index in [1.165, 1.54) is 10.2 Å². The molecular formula is C28H36N4O3. The van der Waals surface area contributed by atoms with Gasteiger partial charge in [0.05, 0.1) is 11.4 Å². The SMILES string of the molecule is CC(CN(C)C)Oc1ccc(-n2nc3c(cc2=O)CCc2ccc(OC(C)CN(C)C)cc2-3)cc1. The molecule has 7 heteroatoms. The normalized spacial score (nSPS) is 14.4. The van der Waals surface area contributed by atoms with Gasteiger partial charge in [-0.25, -0.2) is 0 Å². The Morgan fingerprint density at radius 3 is 2.03 bits per heavy atom. The van der Waals surface area contributed by atoms with E-state index in [9.17, 15) is 4.79 Å². The van der Waals surface area contributed by atoms with Crippen LogP contribution in [0.1, 0.15) is 25.0 Å². The van der Waals surface area contributed by atoms with Crippen LogP contribution in [0.3, 0.4) is 0 Å². The lowest BCUT2D eigenvalue weighted by Crippen LogP contribution is -2.28. The average molecular weight is 477 g/mol. The molecule has 1 aromatic heterocycles. The number of aromatic nitrogens is 2. The standard InChI is InChI=1S/C28H36N4O3/c1-19(17-30(3)4)34-24-13-10-23(11-14-24)32-27(33)15-22-8-7-21-9-12-25(16-26(21)28(22)29-32)35-20(2)18-31(5)6/h9-16,19-20H,7-8,17-18H2,1-6H3. The first-order valence-corrected chi connectivity index (χ1v) is 12.2. The number of benzene rings is 2. The summed E-state index contributed by atoms with van der Waals surface area (Å²) in [6.07, 6.45) is 1.82. The zero-order valence-corrected chi connectivity index (χ0v) is 21.6. The maximum atomic E-state index is 12.9. The lowest BCUT2D eigenvalue weighted by molar-refractivity contribution is 0.176. The predicted octanol–water partition coefficient (Wildman–Crippen LogP) is 3.66. The maximum Gasteiger partial charge on any atom is 0.271 e. The van der Waals surface area contributed by atoms with Crippen molar-refractivity contribution >= 4 is 0 Å². The second-order valence-electron chi connectivity index (χ2n) is 9.96. The minimum absolute atomic E-state index is 0.0637. The minimum Gasteiger partial charge on any atom is -0.489 e. The van der Waals surface area contributed by atoms with Crippen LogP contribution in [-0.2, 0) is 12.8 Å². The molecule has 1 heterocycles. The van der Waals surface area contributed by atoms with Gasteiger partial charge in [0.2, 0.25) is 0 Å². The number of fused-ring (bicyclic) bond motifs is 3. The van der Waals surface area contributed by atoms with Crippen LogP contribution in [0.15, 0.2) is 53.3 Å². The highest BCUT2D eigenvalue weighted by atomic mass is 16.5. The van der Waals surface area contributed by atoms with Crippen molar-refractivity contribution in [3.63, 3.8) is 0 Å². The number of hydrogen-bond donors (Lipinski definition) is 0. The van der Waals surface area contributed by atoms with E-state index in [0.29, 0.717) is 5.69 Å². The Morgan fingerprint density at radius 2 is 1.40 bits per heavy atom. The van der Waals surface area contributed by atoms with Crippen molar-refractivity contribution in [2.75, 3.05) is 41.3 Å². The quantitative estimate of drug-likeness (QED) is 0.470. The Morgan fingerprint density at radius 1 is 0.829 bits per heavy atom. The molecule has 0 bridgehead atoms. The first kappa shape index (κ1) is 24.9. The topological polar surface area (TPSA) is 59.8 Å². The van der Waals surface area contributed by atoms with Gasteiger partial charge in [-0.2, -0.15) is 9.78 Å². The molecule has 0 saturated heterocycles. The molecule has 0 fully saturated rings. The van der Waals surface area contributed by atoms with Gasteiger partial charge < -0.3 is 19.3 Å². The van der Waals surface area contributed by atoms with Crippen LogP contribution >= 0.6 is 0 Å². The van der Waals surface area contributed by atoms with Gasteiger partial charge in [-0.1, -0.05) is 6.07 Å². The highest BCUT2D eigenvalue weighted by molar-refractivity contribution is 5.70. The van der Waals surface area contributed by atoms with Gasteiger partial charge in [0.15, 0.2) is 0 Å². The van der Waals surface area contributed by atoms with Crippen molar-refractivity contribution in [1.29, 1.82) is 0 Å². The fourth-order valence-corrected chi connectivity index (χ4v) is 4.66. The van der Waals surface area contributed by atoms with E-state index in [4.69, 9.17) is 14.6 Å². The third-order valence-electron chi connectivity index (χ3n) is 6.01. The second-order valence-corrected chi connectivity index (χ2v) is 9.96. The zero-order valence-electron chi connectivity index (χ0n) is 21.6.